The zero-order chi connectivity index (χ0) is 9.54. The average molecular weight is 193 g/mol. The van der Waals surface area contributed by atoms with Crippen LogP contribution in [0.15, 0.2) is 0 Å². The van der Waals surface area contributed by atoms with E-state index >= 15 is 0 Å². The molecule has 0 bridgehead atoms. The van der Waals surface area contributed by atoms with Crippen LogP contribution in [0.25, 0.3) is 0 Å². The highest BCUT2D eigenvalue weighted by Gasteiger charge is 2.31. The first kappa shape index (κ1) is 8.41. The average Bonchev–Trinajstić information content (AvgIpc) is 2.76. The van der Waals surface area contributed by atoms with Crippen molar-refractivity contribution in [2.75, 3.05) is 6.61 Å². The van der Waals surface area contributed by atoms with Gasteiger partial charge in [0.05, 0.1) is 12.7 Å². The molecule has 0 amide bonds. The number of aromatic amines is 1. The molecule has 2 unspecified atom stereocenters. The first-order valence-electron chi connectivity index (χ1n) is 5.36. The summed E-state index contributed by atoms with van der Waals surface area (Å²) < 4.78 is 5.51. The summed E-state index contributed by atoms with van der Waals surface area (Å²) >= 11 is 0. The van der Waals surface area contributed by atoms with Crippen LogP contribution in [-0.4, -0.2) is 27.9 Å². The SMILES string of the molecule is CC1CC(c2n[nH]c(C3CC3)n2)CO1. The second-order valence-corrected chi connectivity index (χ2v) is 4.43. The number of H-pyrrole nitrogens is 1. The number of nitrogens with zero attached hydrogens (tertiary/aromatic N) is 2. The first-order valence-corrected chi connectivity index (χ1v) is 5.36. The second kappa shape index (κ2) is 3.05. The molecule has 2 fully saturated rings. The van der Waals surface area contributed by atoms with E-state index in [0.29, 0.717) is 17.9 Å². The van der Waals surface area contributed by atoms with E-state index in [9.17, 15) is 0 Å². The molecule has 1 N–H and O–H groups in total. The van der Waals surface area contributed by atoms with Gasteiger partial charge in [-0.25, -0.2) is 4.98 Å². The summed E-state index contributed by atoms with van der Waals surface area (Å²) in [5.41, 5.74) is 0. The molecule has 1 aliphatic carbocycles. The molecule has 14 heavy (non-hydrogen) atoms. The Kier molecular flexibility index (Phi) is 1.83. The van der Waals surface area contributed by atoms with Crippen molar-refractivity contribution in [1.82, 2.24) is 15.2 Å². The smallest absolute Gasteiger partial charge is 0.156 e. The summed E-state index contributed by atoms with van der Waals surface area (Å²) in [5.74, 6) is 3.11. The minimum Gasteiger partial charge on any atom is -0.378 e. The zero-order valence-electron chi connectivity index (χ0n) is 8.36. The van der Waals surface area contributed by atoms with Crippen LogP contribution in [0.1, 0.15) is 49.7 Å². The number of hydrogen-bond donors (Lipinski definition) is 1. The highest BCUT2D eigenvalue weighted by atomic mass is 16.5. The molecule has 0 spiro atoms. The van der Waals surface area contributed by atoms with E-state index in [-0.39, 0.29) is 0 Å². The Morgan fingerprint density at radius 3 is 2.86 bits per heavy atom. The summed E-state index contributed by atoms with van der Waals surface area (Å²) in [7, 11) is 0. The van der Waals surface area contributed by atoms with Crippen LogP contribution in [0.2, 0.25) is 0 Å². The standard InChI is InChI=1S/C10H15N3O/c1-6-4-8(5-14-6)10-11-9(12-13-10)7-2-3-7/h6-8H,2-5H2,1H3,(H,11,12,13). The molecule has 4 nitrogen and oxygen atoms in total. The van der Waals surface area contributed by atoms with Gasteiger partial charge in [0.1, 0.15) is 5.82 Å². The topological polar surface area (TPSA) is 50.8 Å². The molecule has 2 heterocycles. The molecule has 1 aromatic heterocycles. The summed E-state index contributed by atoms with van der Waals surface area (Å²) in [5, 5.41) is 7.32. The van der Waals surface area contributed by atoms with Gasteiger partial charge >= 0.3 is 0 Å². The molecule has 1 aliphatic heterocycles. The lowest BCUT2D eigenvalue weighted by Crippen LogP contribution is -2.00. The quantitative estimate of drug-likeness (QED) is 0.775. The molecule has 1 saturated carbocycles. The molecule has 1 saturated heterocycles. The van der Waals surface area contributed by atoms with Crippen LogP contribution in [0.4, 0.5) is 0 Å². The van der Waals surface area contributed by atoms with E-state index in [0.717, 1.165) is 24.7 Å². The summed E-state index contributed by atoms with van der Waals surface area (Å²) in [6.07, 6.45) is 3.96. The lowest BCUT2D eigenvalue weighted by molar-refractivity contribution is 0.123. The predicted octanol–water partition coefficient (Wildman–Crippen LogP) is 1.57. The van der Waals surface area contributed by atoms with Gasteiger partial charge in [-0.1, -0.05) is 0 Å². The Balaban J connectivity index is 1.75. The molecule has 2 aliphatic rings. The van der Waals surface area contributed by atoms with Gasteiger partial charge in [0.25, 0.3) is 0 Å². The van der Waals surface area contributed by atoms with Crippen LogP contribution in [0, 0.1) is 0 Å². The van der Waals surface area contributed by atoms with Crippen molar-refractivity contribution >= 4 is 0 Å². The molecular weight excluding hydrogens is 178 g/mol. The lowest BCUT2D eigenvalue weighted by atomic mass is 10.1. The summed E-state index contributed by atoms with van der Waals surface area (Å²) in [4.78, 5) is 4.54. The van der Waals surface area contributed by atoms with Crippen LogP contribution < -0.4 is 0 Å². The van der Waals surface area contributed by atoms with Crippen LogP contribution >= 0.6 is 0 Å². The van der Waals surface area contributed by atoms with Gasteiger partial charge in [0, 0.05) is 11.8 Å². The Morgan fingerprint density at radius 1 is 1.36 bits per heavy atom. The van der Waals surface area contributed by atoms with Crippen molar-refractivity contribution in [2.24, 2.45) is 0 Å². The maximum atomic E-state index is 5.51. The van der Waals surface area contributed by atoms with Crippen molar-refractivity contribution in [3.05, 3.63) is 11.6 Å². The van der Waals surface area contributed by atoms with Crippen molar-refractivity contribution < 1.29 is 4.74 Å². The lowest BCUT2D eigenvalue weighted by Gasteiger charge is -1.99. The van der Waals surface area contributed by atoms with Gasteiger partial charge in [-0.2, -0.15) is 5.10 Å². The molecule has 2 atom stereocenters. The third kappa shape index (κ3) is 1.43. The number of rotatable bonds is 2. The van der Waals surface area contributed by atoms with Crippen LogP contribution in [-0.2, 0) is 4.74 Å². The van der Waals surface area contributed by atoms with Gasteiger partial charge < -0.3 is 4.74 Å². The van der Waals surface area contributed by atoms with Gasteiger partial charge in [-0.05, 0) is 26.2 Å². The van der Waals surface area contributed by atoms with Crippen LogP contribution in [0.5, 0.6) is 0 Å². The van der Waals surface area contributed by atoms with Crippen LogP contribution in [0.3, 0.4) is 0 Å². The minimum absolute atomic E-state index is 0.364. The first-order chi connectivity index (χ1) is 6.83. The van der Waals surface area contributed by atoms with E-state index in [2.05, 4.69) is 22.1 Å². The number of hydrogen-bond acceptors (Lipinski definition) is 3. The molecule has 76 valence electrons. The molecule has 1 aromatic rings. The van der Waals surface area contributed by atoms with Crippen molar-refractivity contribution in [2.45, 2.75) is 44.1 Å². The number of ether oxygens (including phenoxy) is 1. The molecule has 3 rings (SSSR count). The van der Waals surface area contributed by atoms with Gasteiger partial charge in [0.2, 0.25) is 0 Å². The van der Waals surface area contributed by atoms with Gasteiger partial charge in [-0.15, -0.1) is 0 Å². The van der Waals surface area contributed by atoms with E-state index in [1.165, 1.54) is 12.8 Å². The second-order valence-electron chi connectivity index (χ2n) is 4.43. The fourth-order valence-electron chi connectivity index (χ4n) is 2.01. The summed E-state index contributed by atoms with van der Waals surface area (Å²) in [6.45, 7) is 2.89. The van der Waals surface area contributed by atoms with Crippen molar-refractivity contribution in [1.29, 1.82) is 0 Å². The molecule has 0 aromatic carbocycles. The van der Waals surface area contributed by atoms with Gasteiger partial charge in [0.15, 0.2) is 5.82 Å². The third-order valence-corrected chi connectivity index (χ3v) is 3.05. The van der Waals surface area contributed by atoms with E-state index in [4.69, 9.17) is 4.74 Å². The fourth-order valence-corrected chi connectivity index (χ4v) is 2.01. The fraction of sp³-hybridized carbons (Fsp3) is 0.800. The monoisotopic (exact) mass is 193 g/mol. The highest BCUT2D eigenvalue weighted by Crippen LogP contribution is 2.38. The van der Waals surface area contributed by atoms with Crippen molar-refractivity contribution in [3.63, 3.8) is 0 Å². The molecule has 0 radical (unpaired) electrons. The summed E-state index contributed by atoms with van der Waals surface area (Å²) in [6, 6.07) is 0. The third-order valence-electron chi connectivity index (χ3n) is 3.05. The highest BCUT2D eigenvalue weighted by molar-refractivity contribution is 5.08. The number of aromatic nitrogens is 3. The predicted molar refractivity (Wildman–Crippen MR) is 51.1 cm³/mol. The van der Waals surface area contributed by atoms with Crippen molar-refractivity contribution in [3.8, 4) is 0 Å². The Labute approximate surface area is 83.1 Å². The molecular formula is C10H15N3O. The number of nitrogens with one attached hydrogen (secondary N) is 1. The Hall–Kier alpha value is -0.900. The maximum Gasteiger partial charge on any atom is 0.156 e. The van der Waals surface area contributed by atoms with E-state index in [1.807, 2.05) is 0 Å². The normalized spacial score (nSPS) is 32.4. The van der Waals surface area contributed by atoms with Gasteiger partial charge in [-0.3, -0.25) is 5.10 Å². The van der Waals surface area contributed by atoms with E-state index in [1.54, 1.807) is 0 Å². The zero-order valence-corrected chi connectivity index (χ0v) is 8.36. The Morgan fingerprint density at radius 2 is 2.21 bits per heavy atom. The minimum atomic E-state index is 0.364. The maximum absolute atomic E-state index is 5.51. The molecule has 4 heteroatoms. The Bertz CT molecular complexity index is 332. The largest absolute Gasteiger partial charge is 0.378 e. The van der Waals surface area contributed by atoms with E-state index < -0.39 is 0 Å².